The fourth-order valence-electron chi connectivity index (χ4n) is 15.4. The fraction of sp³-hybridized carbons (Fsp3) is 0.219. The number of pyridine rings is 5. The standard InChI is InChI=1S/C24H28N.4C18H18N/c1-16-13-17(2)18(3)22(14-16)24-23-15-21(19-7-5-6-8-19)10-9-20(23)11-12-25(24)4;1-13-8-4-6-10-16(13)18-17-11-7-5-9-15(17)12-14(2)19(18)3;1-13-8-4-5-10-16(13)18-17-11-7-6-9-15(17)14(2)12-19(18)3;1-13-8-6-10-17-15(13)11-12-19(3)18(17)16-9-5-4-7-14(16)2;1-13-8-9-15-10-11-19(3)18(17(15)12-13)16-7-5-4-6-14(16)2/h9-15,19H,5-8H2,1-4H3;4*4-12H,1-3H3/q5*+1. The molecule has 0 radical (unpaired) electrons. The Kier molecular flexibility index (Phi) is 21.4. The van der Waals surface area contributed by atoms with Crippen molar-refractivity contribution in [3.05, 3.63) is 328 Å². The van der Waals surface area contributed by atoms with Crippen molar-refractivity contribution in [3.63, 3.8) is 0 Å². The molecule has 0 aliphatic heterocycles. The second-order valence-corrected chi connectivity index (χ2v) is 28.4. The largest absolute Gasteiger partial charge is 0.220 e. The summed E-state index contributed by atoms with van der Waals surface area (Å²) in [5.74, 6) is 0.753. The van der Waals surface area contributed by atoms with Crippen LogP contribution in [0.1, 0.15) is 98.5 Å². The zero-order valence-electron chi connectivity index (χ0n) is 62.5. The molecular weight excluding hydrogens is 1220 g/mol. The van der Waals surface area contributed by atoms with E-state index in [1.165, 1.54) is 203 Å². The molecule has 0 bridgehead atoms. The number of hydrogen-bond acceptors (Lipinski definition) is 0. The van der Waals surface area contributed by atoms with Crippen LogP contribution in [-0.2, 0) is 35.2 Å². The Morgan fingerprint density at radius 3 is 1.26 bits per heavy atom. The van der Waals surface area contributed by atoms with Crippen molar-refractivity contribution in [3.8, 4) is 56.3 Å². The average Bonchev–Trinajstić information content (AvgIpc) is 1.17. The van der Waals surface area contributed by atoms with E-state index in [0.29, 0.717) is 0 Å². The molecule has 1 aliphatic carbocycles. The van der Waals surface area contributed by atoms with Crippen LogP contribution in [0.15, 0.2) is 261 Å². The van der Waals surface area contributed by atoms with Crippen LogP contribution in [0.25, 0.3) is 110 Å². The molecule has 0 atom stereocenters. The normalized spacial score (nSPS) is 12.0. The molecule has 0 spiro atoms. The lowest BCUT2D eigenvalue weighted by Crippen LogP contribution is -2.35. The summed E-state index contributed by atoms with van der Waals surface area (Å²) in [6.45, 7) is 24.0. The molecule has 101 heavy (non-hydrogen) atoms. The van der Waals surface area contributed by atoms with E-state index in [1.807, 2.05) is 0 Å². The molecule has 5 heterocycles. The molecule has 5 nitrogen and oxygen atoms in total. The molecule has 15 aromatic rings. The maximum Gasteiger partial charge on any atom is 0.220 e. The summed E-state index contributed by atoms with van der Waals surface area (Å²) >= 11 is 0. The highest BCUT2D eigenvalue weighted by atomic mass is 15.0. The van der Waals surface area contributed by atoms with Gasteiger partial charge in [0.2, 0.25) is 28.5 Å². The third-order valence-corrected chi connectivity index (χ3v) is 21.1. The third kappa shape index (κ3) is 14.9. The van der Waals surface area contributed by atoms with Crippen LogP contribution in [0.5, 0.6) is 0 Å². The second kappa shape index (κ2) is 30.8. The van der Waals surface area contributed by atoms with Gasteiger partial charge in [0.15, 0.2) is 30.5 Å². The number of aryl methyl sites for hydroxylation is 14. The Balaban J connectivity index is 0.000000120. The molecule has 0 N–H and O–H groups in total. The zero-order chi connectivity index (χ0) is 71.2. The van der Waals surface area contributed by atoms with Crippen LogP contribution in [0.4, 0.5) is 0 Å². The van der Waals surface area contributed by atoms with Crippen molar-refractivity contribution < 1.29 is 22.8 Å². The highest BCUT2D eigenvalue weighted by Crippen LogP contribution is 2.39. The molecule has 504 valence electrons. The first-order chi connectivity index (χ1) is 48.8. The van der Waals surface area contributed by atoms with E-state index in [2.05, 4.69) is 396 Å². The molecule has 10 aromatic carbocycles. The minimum Gasteiger partial charge on any atom is -0.200 e. The minimum absolute atomic E-state index is 0.753. The van der Waals surface area contributed by atoms with E-state index in [-0.39, 0.29) is 0 Å². The first-order valence-electron chi connectivity index (χ1n) is 36.0. The minimum atomic E-state index is 0.753. The van der Waals surface area contributed by atoms with Gasteiger partial charge in [0.25, 0.3) is 0 Å². The maximum absolute atomic E-state index is 2.47. The Hall–Kier alpha value is -10.8. The second-order valence-electron chi connectivity index (χ2n) is 28.4. The Morgan fingerprint density at radius 2 is 0.693 bits per heavy atom. The molecule has 0 unspecified atom stereocenters. The van der Waals surface area contributed by atoms with Crippen molar-refractivity contribution >= 4 is 53.9 Å². The van der Waals surface area contributed by atoms with E-state index in [0.717, 1.165) is 5.92 Å². The van der Waals surface area contributed by atoms with Gasteiger partial charge >= 0.3 is 0 Å². The Labute approximate surface area is 600 Å². The number of nitrogens with zero attached hydrogens (tertiary/aromatic N) is 5. The van der Waals surface area contributed by atoms with E-state index >= 15 is 0 Å². The number of aromatic nitrogens is 5. The van der Waals surface area contributed by atoms with Crippen LogP contribution in [0.3, 0.4) is 0 Å². The first-order valence-corrected chi connectivity index (χ1v) is 36.0. The first kappa shape index (κ1) is 70.1. The average molecular weight is 1320 g/mol. The fourth-order valence-corrected chi connectivity index (χ4v) is 15.4. The summed E-state index contributed by atoms with van der Waals surface area (Å²) in [6.07, 6.45) is 14.2. The summed E-state index contributed by atoms with van der Waals surface area (Å²) in [5, 5.41) is 13.3. The predicted molar refractivity (Wildman–Crippen MR) is 426 cm³/mol. The van der Waals surface area contributed by atoms with E-state index in [1.54, 1.807) is 0 Å². The van der Waals surface area contributed by atoms with Crippen molar-refractivity contribution in [1.82, 2.24) is 0 Å². The lowest BCUT2D eigenvalue weighted by Gasteiger charge is -2.14. The third-order valence-electron chi connectivity index (χ3n) is 21.1. The van der Waals surface area contributed by atoms with Crippen molar-refractivity contribution in [2.24, 2.45) is 35.2 Å². The van der Waals surface area contributed by atoms with Gasteiger partial charge in [-0.25, -0.2) is 18.3 Å². The van der Waals surface area contributed by atoms with Gasteiger partial charge in [0.1, 0.15) is 35.2 Å². The smallest absolute Gasteiger partial charge is 0.200 e. The highest BCUT2D eigenvalue weighted by molar-refractivity contribution is 5.98. The molecule has 5 aromatic heterocycles. The molecule has 16 rings (SSSR count). The van der Waals surface area contributed by atoms with Crippen LogP contribution in [0, 0.1) is 76.2 Å². The van der Waals surface area contributed by atoms with Gasteiger partial charge in [0.05, 0.1) is 32.5 Å². The quantitative estimate of drug-likeness (QED) is 0.148. The monoisotopic (exact) mass is 1320 g/mol. The van der Waals surface area contributed by atoms with Gasteiger partial charge in [-0.15, -0.1) is 0 Å². The summed E-state index contributed by atoms with van der Waals surface area (Å²) in [5.41, 5.74) is 29.2. The lowest BCUT2D eigenvalue weighted by molar-refractivity contribution is -0.665. The molecule has 1 fully saturated rings. The number of hydrogen-bond donors (Lipinski definition) is 0. The Bertz CT molecular complexity index is 5430. The maximum atomic E-state index is 2.47. The van der Waals surface area contributed by atoms with Gasteiger partial charge in [0, 0.05) is 59.0 Å². The lowest BCUT2D eigenvalue weighted by atomic mass is 9.91. The van der Waals surface area contributed by atoms with Crippen LogP contribution in [0.2, 0.25) is 0 Å². The molecule has 0 saturated heterocycles. The van der Waals surface area contributed by atoms with Gasteiger partial charge in [-0.1, -0.05) is 176 Å². The predicted octanol–water partition coefficient (Wildman–Crippen LogP) is 21.7. The van der Waals surface area contributed by atoms with Crippen molar-refractivity contribution in [2.45, 2.75) is 108 Å². The van der Waals surface area contributed by atoms with Crippen molar-refractivity contribution in [2.75, 3.05) is 0 Å². The summed E-state index contributed by atoms with van der Waals surface area (Å²) in [6, 6.07) is 85.4. The van der Waals surface area contributed by atoms with Gasteiger partial charge in [-0.3, -0.25) is 0 Å². The molecule has 1 aliphatic rings. The Morgan fingerprint density at radius 1 is 0.267 bits per heavy atom. The van der Waals surface area contributed by atoms with Gasteiger partial charge < -0.3 is 0 Å². The van der Waals surface area contributed by atoms with E-state index in [9.17, 15) is 0 Å². The zero-order valence-corrected chi connectivity index (χ0v) is 62.5. The molecule has 5 heteroatoms. The highest BCUT2D eigenvalue weighted by Gasteiger charge is 2.25. The molecule has 1 saturated carbocycles. The topological polar surface area (TPSA) is 19.4 Å². The molecular formula is C96H100N5+5. The molecule has 0 amide bonds. The summed E-state index contributed by atoms with van der Waals surface area (Å²) < 4.78 is 11.2. The van der Waals surface area contributed by atoms with Gasteiger partial charge in [-0.2, -0.15) is 4.57 Å². The van der Waals surface area contributed by atoms with E-state index < -0.39 is 0 Å². The summed E-state index contributed by atoms with van der Waals surface area (Å²) in [7, 11) is 10.7. The van der Waals surface area contributed by atoms with Crippen LogP contribution >= 0.6 is 0 Å². The van der Waals surface area contributed by atoms with E-state index in [4.69, 9.17) is 0 Å². The summed E-state index contributed by atoms with van der Waals surface area (Å²) in [4.78, 5) is 0. The number of benzene rings is 10. The SMILES string of the molecule is Cc1cc(C)c(C)c(-c2c3cc(C4CCCC4)ccc3cc[n+]2C)c1.Cc1ccc2cc[n+](C)c(-c3ccccc3C)c2c1.Cc1ccccc1-c1c2cccc(C)c2cc[n+]1C.Cc1ccccc1-c1c2ccccc2c(C)c[n+]1C.Cc1ccccc1-c1c2ccccc2cc(C)[n+]1C. The van der Waals surface area contributed by atoms with Crippen molar-refractivity contribution in [1.29, 1.82) is 0 Å². The number of fused-ring (bicyclic) bond motifs is 5. The van der Waals surface area contributed by atoms with Gasteiger partial charge in [-0.05, 0) is 220 Å². The van der Waals surface area contributed by atoms with Crippen LogP contribution < -0.4 is 22.8 Å². The van der Waals surface area contributed by atoms with Crippen LogP contribution in [-0.4, -0.2) is 0 Å². The number of rotatable bonds is 6.